The molecule has 0 unspecified atom stereocenters. The largest absolute Gasteiger partial charge is 0.494 e. The van der Waals surface area contributed by atoms with E-state index in [0.717, 1.165) is 44.2 Å². The number of hydrogen-bond donors (Lipinski definition) is 2. The number of nitrogens with one attached hydrogen (secondary N) is 2. The number of hydrogen-bond acceptors (Lipinski definition) is 2. The fourth-order valence-electron chi connectivity index (χ4n) is 2.12. The zero-order valence-corrected chi connectivity index (χ0v) is 16.6. The van der Waals surface area contributed by atoms with Gasteiger partial charge in [0.05, 0.1) is 6.61 Å². The first-order valence-corrected chi connectivity index (χ1v) is 8.58. The SMILES string of the molecule is CCCCOc1ccc(CCN=C(NCC)NC2CC2)cc1.I. The number of guanidine groups is 1. The molecule has 2 N–H and O–H groups in total. The molecule has 0 aliphatic heterocycles. The molecule has 2 rings (SSSR count). The van der Waals surface area contributed by atoms with Crippen molar-refractivity contribution in [2.75, 3.05) is 19.7 Å². The van der Waals surface area contributed by atoms with Crippen molar-refractivity contribution in [2.24, 2.45) is 4.99 Å². The van der Waals surface area contributed by atoms with Crippen LogP contribution in [0.15, 0.2) is 29.3 Å². The molecule has 1 aliphatic carbocycles. The minimum Gasteiger partial charge on any atom is -0.494 e. The van der Waals surface area contributed by atoms with E-state index in [-0.39, 0.29) is 24.0 Å². The van der Waals surface area contributed by atoms with Crippen LogP contribution < -0.4 is 15.4 Å². The minimum atomic E-state index is 0. The van der Waals surface area contributed by atoms with Gasteiger partial charge in [0.1, 0.15) is 5.75 Å². The van der Waals surface area contributed by atoms with E-state index in [0.29, 0.717) is 6.04 Å². The van der Waals surface area contributed by atoms with Crippen LogP contribution >= 0.6 is 24.0 Å². The monoisotopic (exact) mass is 431 g/mol. The Morgan fingerprint density at radius 3 is 2.57 bits per heavy atom. The molecule has 1 aromatic carbocycles. The highest BCUT2D eigenvalue weighted by atomic mass is 127. The maximum Gasteiger partial charge on any atom is 0.191 e. The summed E-state index contributed by atoms with van der Waals surface area (Å²) in [7, 11) is 0. The lowest BCUT2D eigenvalue weighted by Crippen LogP contribution is -2.38. The van der Waals surface area contributed by atoms with E-state index in [1.807, 2.05) is 0 Å². The summed E-state index contributed by atoms with van der Waals surface area (Å²) in [5, 5.41) is 6.73. The van der Waals surface area contributed by atoms with Gasteiger partial charge in [-0.2, -0.15) is 0 Å². The summed E-state index contributed by atoms with van der Waals surface area (Å²) >= 11 is 0. The van der Waals surface area contributed by atoms with Crippen LogP contribution in [0.3, 0.4) is 0 Å². The normalized spacial score (nSPS) is 14.1. The van der Waals surface area contributed by atoms with Gasteiger partial charge in [0.25, 0.3) is 0 Å². The molecule has 23 heavy (non-hydrogen) atoms. The van der Waals surface area contributed by atoms with Gasteiger partial charge in [-0.15, -0.1) is 24.0 Å². The Hall–Kier alpha value is -0.980. The van der Waals surface area contributed by atoms with E-state index >= 15 is 0 Å². The third-order valence-corrected chi connectivity index (χ3v) is 3.62. The average Bonchev–Trinajstić information content (AvgIpc) is 3.33. The molecule has 0 atom stereocenters. The van der Waals surface area contributed by atoms with E-state index in [1.165, 1.54) is 24.8 Å². The van der Waals surface area contributed by atoms with Crippen molar-refractivity contribution >= 4 is 29.9 Å². The minimum absolute atomic E-state index is 0. The van der Waals surface area contributed by atoms with E-state index in [9.17, 15) is 0 Å². The molecular weight excluding hydrogens is 401 g/mol. The Kier molecular flexibility index (Phi) is 10.1. The quantitative estimate of drug-likeness (QED) is 0.271. The Morgan fingerprint density at radius 2 is 1.96 bits per heavy atom. The standard InChI is InChI=1S/C18H29N3O.HI/c1-3-5-14-22-17-10-6-15(7-11-17)12-13-20-18(19-4-2)21-16-8-9-16;/h6-7,10-11,16H,3-5,8-9,12-14H2,1-2H3,(H2,19,20,21);1H. The number of unbranched alkanes of at least 4 members (excludes halogenated alkanes) is 1. The van der Waals surface area contributed by atoms with Crippen LogP contribution in [0.5, 0.6) is 5.75 Å². The summed E-state index contributed by atoms with van der Waals surface area (Å²) in [6.07, 6.45) is 5.76. The van der Waals surface area contributed by atoms with E-state index in [1.54, 1.807) is 0 Å². The molecule has 0 spiro atoms. The number of ether oxygens (including phenoxy) is 1. The molecule has 0 aromatic heterocycles. The third kappa shape index (κ3) is 8.44. The van der Waals surface area contributed by atoms with E-state index in [2.05, 4.69) is 53.7 Å². The highest BCUT2D eigenvalue weighted by molar-refractivity contribution is 14.0. The predicted molar refractivity (Wildman–Crippen MR) is 108 cm³/mol. The van der Waals surface area contributed by atoms with Gasteiger partial charge in [0.2, 0.25) is 0 Å². The zero-order valence-electron chi connectivity index (χ0n) is 14.3. The molecule has 4 nitrogen and oxygen atoms in total. The first kappa shape index (κ1) is 20.1. The summed E-state index contributed by atoms with van der Waals surface area (Å²) in [6.45, 7) is 6.79. The lowest BCUT2D eigenvalue weighted by molar-refractivity contribution is 0.309. The maximum absolute atomic E-state index is 5.68. The van der Waals surface area contributed by atoms with Crippen LogP contribution in [0.2, 0.25) is 0 Å². The second kappa shape index (κ2) is 11.5. The molecule has 0 radical (unpaired) electrons. The smallest absolute Gasteiger partial charge is 0.191 e. The molecular formula is C18H30IN3O. The Bertz CT molecular complexity index is 458. The second-order valence-corrected chi connectivity index (χ2v) is 5.78. The van der Waals surface area contributed by atoms with Gasteiger partial charge in [0, 0.05) is 19.1 Å². The molecule has 0 amide bonds. The average molecular weight is 431 g/mol. The molecule has 5 heteroatoms. The lowest BCUT2D eigenvalue weighted by Gasteiger charge is -2.10. The van der Waals surface area contributed by atoms with Crippen LogP contribution in [0, 0.1) is 0 Å². The van der Waals surface area contributed by atoms with Crippen LogP contribution in [-0.2, 0) is 6.42 Å². The molecule has 0 saturated heterocycles. The van der Waals surface area contributed by atoms with Crippen molar-refractivity contribution in [3.05, 3.63) is 29.8 Å². The summed E-state index contributed by atoms with van der Waals surface area (Å²) in [5.41, 5.74) is 1.30. The van der Waals surface area contributed by atoms with Crippen molar-refractivity contribution in [1.82, 2.24) is 10.6 Å². The summed E-state index contributed by atoms with van der Waals surface area (Å²) in [4.78, 5) is 4.64. The van der Waals surface area contributed by atoms with Gasteiger partial charge < -0.3 is 15.4 Å². The van der Waals surface area contributed by atoms with E-state index < -0.39 is 0 Å². The second-order valence-electron chi connectivity index (χ2n) is 5.78. The zero-order chi connectivity index (χ0) is 15.6. The number of benzene rings is 1. The van der Waals surface area contributed by atoms with Crippen molar-refractivity contribution in [2.45, 2.75) is 52.0 Å². The van der Waals surface area contributed by atoms with Gasteiger partial charge in [-0.3, -0.25) is 4.99 Å². The van der Waals surface area contributed by atoms with Gasteiger partial charge >= 0.3 is 0 Å². The number of nitrogens with zero attached hydrogens (tertiary/aromatic N) is 1. The maximum atomic E-state index is 5.68. The molecule has 130 valence electrons. The summed E-state index contributed by atoms with van der Waals surface area (Å²) in [5.74, 6) is 1.91. The summed E-state index contributed by atoms with van der Waals surface area (Å²) < 4.78 is 5.68. The number of halogens is 1. The first-order chi connectivity index (χ1) is 10.8. The van der Waals surface area contributed by atoms with Crippen LogP contribution in [0.25, 0.3) is 0 Å². The fraction of sp³-hybridized carbons (Fsp3) is 0.611. The molecule has 0 heterocycles. The van der Waals surface area contributed by atoms with Gasteiger partial charge in [0.15, 0.2) is 5.96 Å². The van der Waals surface area contributed by atoms with Crippen molar-refractivity contribution in [3.63, 3.8) is 0 Å². The van der Waals surface area contributed by atoms with Gasteiger partial charge in [-0.05, 0) is 50.3 Å². The molecule has 1 fully saturated rings. The molecule has 0 bridgehead atoms. The van der Waals surface area contributed by atoms with Gasteiger partial charge in [-0.25, -0.2) is 0 Å². The van der Waals surface area contributed by atoms with Crippen LogP contribution in [0.4, 0.5) is 0 Å². The van der Waals surface area contributed by atoms with Crippen LogP contribution in [0.1, 0.15) is 45.1 Å². The Morgan fingerprint density at radius 1 is 1.22 bits per heavy atom. The molecule has 1 saturated carbocycles. The van der Waals surface area contributed by atoms with Crippen LogP contribution in [-0.4, -0.2) is 31.7 Å². The van der Waals surface area contributed by atoms with Gasteiger partial charge in [-0.1, -0.05) is 25.5 Å². The highest BCUT2D eigenvalue weighted by Gasteiger charge is 2.21. The van der Waals surface area contributed by atoms with Crippen molar-refractivity contribution < 1.29 is 4.74 Å². The highest BCUT2D eigenvalue weighted by Crippen LogP contribution is 2.18. The predicted octanol–water partition coefficient (Wildman–Crippen LogP) is 3.74. The topological polar surface area (TPSA) is 45.6 Å². The Labute approximate surface area is 157 Å². The van der Waals surface area contributed by atoms with Crippen molar-refractivity contribution in [1.29, 1.82) is 0 Å². The van der Waals surface area contributed by atoms with E-state index in [4.69, 9.17) is 4.74 Å². The third-order valence-electron chi connectivity index (χ3n) is 3.62. The number of rotatable bonds is 9. The Balaban J connectivity index is 0.00000264. The first-order valence-electron chi connectivity index (χ1n) is 8.58. The number of aliphatic imine (C=N–C) groups is 1. The molecule has 1 aromatic rings. The fourth-order valence-corrected chi connectivity index (χ4v) is 2.12. The summed E-state index contributed by atoms with van der Waals surface area (Å²) in [6, 6.07) is 9.03. The molecule has 1 aliphatic rings. The van der Waals surface area contributed by atoms with Crippen molar-refractivity contribution in [3.8, 4) is 5.75 Å². The lowest BCUT2D eigenvalue weighted by atomic mass is 10.1.